The maximum atomic E-state index is 12.5. The van der Waals surface area contributed by atoms with Crippen molar-refractivity contribution in [2.24, 2.45) is 0 Å². The standard InChI is InChI=1S/C24H26N2O2/c1-18(27)23(15-19-8-4-3-5-9-19)25-24(28)17-26(2)16-20-12-13-21-10-6-7-11-22(21)14-20/h3-14,23H,15-17H2,1-2H3,(H,25,28)/p+1/t23-/m1/s1. The lowest BCUT2D eigenvalue weighted by atomic mass is 10.0. The third-order valence-corrected chi connectivity index (χ3v) is 4.89. The molecule has 0 aliphatic rings. The summed E-state index contributed by atoms with van der Waals surface area (Å²) in [5, 5.41) is 5.32. The van der Waals surface area contributed by atoms with Gasteiger partial charge in [0, 0.05) is 5.56 Å². The molecule has 144 valence electrons. The molecule has 2 atom stereocenters. The third-order valence-electron chi connectivity index (χ3n) is 4.89. The summed E-state index contributed by atoms with van der Waals surface area (Å²) in [6, 6.07) is 23.9. The van der Waals surface area contributed by atoms with Crippen molar-refractivity contribution in [1.29, 1.82) is 0 Å². The van der Waals surface area contributed by atoms with Crippen LogP contribution >= 0.6 is 0 Å². The summed E-state index contributed by atoms with van der Waals surface area (Å²) in [5.74, 6) is -0.126. The lowest BCUT2D eigenvalue weighted by Gasteiger charge is -2.18. The highest BCUT2D eigenvalue weighted by Gasteiger charge is 2.19. The molecule has 3 aromatic rings. The lowest BCUT2D eigenvalue weighted by Crippen LogP contribution is -3.09. The Kier molecular flexibility index (Phi) is 6.56. The van der Waals surface area contributed by atoms with E-state index in [1.54, 1.807) is 0 Å². The SMILES string of the molecule is CC(=O)[C@@H](Cc1ccccc1)NC(=O)C[NH+](C)Cc1ccc2ccccc2c1. The summed E-state index contributed by atoms with van der Waals surface area (Å²) in [7, 11) is 1.99. The molecule has 28 heavy (non-hydrogen) atoms. The molecule has 3 aromatic carbocycles. The van der Waals surface area contributed by atoms with Gasteiger partial charge >= 0.3 is 0 Å². The van der Waals surface area contributed by atoms with Crippen molar-refractivity contribution in [3.8, 4) is 0 Å². The molecule has 3 rings (SSSR count). The fourth-order valence-corrected chi connectivity index (χ4v) is 3.43. The average molecular weight is 375 g/mol. The topological polar surface area (TPSA) is 50.6 Å². The number of amides is 1. The number of ketones is 1. The predicted octanol–water partition coefficient (Wildman–Crippen LogP) is 2.17. The molecule has 0 bridgehead atoms. The van der Waals surface area contributed by atoms with E-state index in [1.165, 1.54) is 23.3 Å². The highest BCUT2D eigenvalue weighted by Crippen LogP contribution is 2.15. The number of hydrogen-bond acceptors (Lipinski definition) is 2. The molecule has 0 spiro atoms. The number of rotatable bonds is 8. The molecular weight excluding hydrogens is 348 g/mol. The van der Waals surface area contributed by atoms with Crippen LogP contribution in [0.2, 0.25) is 0 Å². The van der Waals surface area contributed by atoms with Gasteiger partial charge in [0.05, 0.1) is 13.1 Å². The van der Waals surface area contributed by atoms with Crippen molar-refractivity contribution in [2.45, 2.75) is 25.9 Å². The van der Waals surface area contributed by atoms with Crippen LogP contribution < -0.4 is 10.2 Å². The van der Waals surface area contributed by atoms with E-state index in [4.69, 9.17) is 0 Å². The predicted molar refractivity (Wildman–Crippen MR) is 112 cm³/mol. The number of carbonyl (C=O) groups is 2. The summed E-state index contributed by atoms with van der Waals surface area (Å²) in [4.78, 5) is 25.5. The van der Waals surface area contributed by atoms with Crippen LogP contribution in [0.5, 0.6) is 0 Å². The van der Waals surface area contributed by atoms with E-state index in [0.29, 0.717) is 13.0 Å². The second kappa shape index (κ2) is 9.29. The molecule has 0 aromatic heterocycles. The molecule has 0 saturated carbocycles. The zero-order valence-electron chi connectivity index (χ0n) is 16.4. The van der Waals surface area contributed by atoms with Gasteiger partial charge in [0.15, 0.2) is 12.3 Å². The minimum atomic E-state index is -0.483. The number of carbonyl (C=O) groups excluding carboxylic acids is 2. The van der Waals surface area contributed by atoms with Gasteiger partial charge in [0.25, 0.3) is 5.91 Å². The first-order chi connectivity index (χ1) is 13.5. The summed E-state index contributed by atoms with van der Waals surface area (Å²) >= 11 is 0. The minimum absolute atomic E-state index is 0.0237. The molecule has 0 fully saturated rings. The van der Waals surface area contributed by atoms with Crippen LogP contribution in [-0.4, -0.2) is 31.3 Å². The monoisotopic (exact) mass is 375 g/mol. The van der Waals surface area contributed by atoms with Gasteiger partial charge < -0.3 is 10.2 Å². The molecule has 2 N–H and O–H groups in total. The fraction of sp³-hybridized carbons (Fsp3) is 0.250. The Labute approximate surface area is 166 Å². The Morgan fingerprint density at radius 2 is 1.57 bits per heavy atom. The lowest BCUT2D eigenvalue weighted by molar-refractivity contribution is -0.885. The van der Waals surface area contributed by atoms with E-state index in [1.807, 2.05) is 49.5 Å². The van der Waals surface area contributed by atoms with Gasteiger partial charge in [-0.25, -0.2) is 0 Å². The van der Waals surface area contributed by atoms with Crippen molar-refractivity contribution in [3.63, 3.8) is 0 Å². The molecule has 4 nitrogen and oxygen atoms in total. The number of fused-ring (bicyclic) bond motifs is 1. The van der Waals surface area contributed by atoms with E-state index >= 15 is 0 Å². The third kappa shape index (κ3) is 5.51. The van der Waals surface area contributed by atoms with Gasteiger partial charge in [-0.05, 0) is 35.7 Å². The molecule has 0 heterocycles. The highest BCUT2D eigenvalue weighted by molar-refractivity contribution is 5.88. The van der Waals surface area contributed by atoms with E-state index in [9.17, 15) is 9.59 Å². The van der Waals surface area contributed by atoms with Crippen LogP contribution in [0.15, 0.2) is 72.8 Å². The van der Waals surface area contributed by atoms with Crippen molar-refractivity contribution in [1.82, 2.24) is 5.32 Å². The molecule has 4 heteroatoms. The minimum Gasteiger partial charge on any atom is -0.341 e. The molecular formula is C24H27N2O2+. The summed E-state index contributed by atoms with van der Waals surface area (Å²) in [5.41, 5.74) is 2.23. The van der Waals surface area contributed by atoms with Crippen LogP contribution in [0.4, 0.5) is 0 Å². The zero-order chi connectivity index (χ0) is 19.9. The van der Waals surface area contributed by atoms with E-state index in [0.717, 1.165) is 17.0 Å². The van der Waals surface area contributed by atoms with Crippen molar-refractivity contribution < 1.29 is 14.5 Å². The number of Topliss-reactive ketones (excluding diaryl/α,β-unsaturated/α-hetero) is 1. The van der Waals surface area contributed by atoms with Crippen molar-refractivity contribution in [3.05, 3.63) is 83.9 Å². The Balaban J connectivity index is 1.56. The van der Waals surface area contributed by atoms with Crippen LogP contribution in [0.25, 0.3) is 10.8 Å². The maximum absolute atomic E-state index is 12.5. The van der Waals surface area contributed by atoms with Gasteiger partial charge in [-0.2, -0.15) is 0 Å². The number of nitrogens with one attached hydrogen (secondary N) is 2. The quantitative estimate of drug-likeness (QED) is 0.634. The van der Waals surface area contributed by atoms with Crippen molar-refractivity contribution >= 4 is 22.5 Å². The molecule has 1 unspecified atom stereocenters. The van der Waals surface area contributed by atoms with Crippen LogP contribution in [0.1, 0.15) is 18.1 Å². The zero-order valence-corrected chi connectivity index (χ0v) is 16.4. The number of benzene rings is 3. The second-order valence-corrected chi connectivity index (χ2v) is 7.41. The number of likely N-dealkylation sites (N-methyl/N-ethyl adjacent to an activating group) is 1. The molecule has 0 radical (unpaired) electrons. The van der Waals surface area contributed by atoms with E-state index in [2.05, 4.69) is 35.6 Å². The summed E-state index contributed by atoms with van der Waals surface area (Å²) in [6.45, 7) is 2.60. The molecule has 0 saturated heterocycles. The van der Waals surface area contributed by atoms with Gasteiger partial charge in [0.1, 0.15) is 6.54 Å². The second-order valence-electron chi connectivity index (χ2n) is 7.41. The van der Waals surface area contributed by atoms with E-state index < -0.39 is 6.04 Å². The van der Waals surface area contributed by atoms with Crippen molar-refractivity contribution in [2.75, 3.05) is 13.6 Å². The van der Waals surface area contributed by atoms with Gasteiger partial charge in [-0.15, -0.1) is 0 Å². The van der Waals surface area contributed by atoms with Gasteiger partial charge in [0.2, 0.25) is 0 Å². The molecule has 1 amide bonds. The Morgan fingerprint density at radius 3 is 2.29 bits per heavy atom. The molecule has 0 aliphatic heterocycles. The first-order valence-corrected chi connectivity index (χ1v) is 9.64. The number of hydrogen-bond donors (Lipinski definition) is 2. The largest absolute Gasteiger partial charge is 0.341 e. The Morgan fingerprint density at radius 1 is 0.893 bits per heavy atom. The van der Waals surface area contributed by atoms with Crippen LogP contribution in [0, 0.1) is 0 Å². The fourth-order valence-electron chi connectivity index (χ4n) is 3.43. The highest BCUT2D eigenvalue weighted by atomic mass is 16.2. The Bertz CT molecular complexity index is 953. The van der Waals surface area contributed by atoms with Crippen LogP contribution in [0.3, 0.4) is 0 Å². The smallest absolute Gasteiger partial charge is 0.275 e. The average Bonchev–Trinajstić information content (AvgIpc) is 2.68. The van der Waals surface area contributed by atoms with Crippen LogP contribution in [-0.2, 0) is 22.6 Å². The number of quaternary nitrogens is 1. The maximum Gasteiger partial charge on any atom is 0.275 e. The van der Waals surface area contributed by atoms with E-state index in [-0.39, 0.29) is 11.7 Å². The summed E-state index contributed by atoms with van der Waals surface area (Å²) in [6.07, 6.45) is 0.519. The van der Waals surface area contributed by atoms with Gasteiger partial charge in [-0.1, -0.05) is 66.7 Å². The van der Waals surface area contributed by atoms with Gasteiger partial charge in [-0.3, -0.25) is 9.59 Å². The molecule has 0 aliphatic carbocycles. The summed E-state index contributed by atoms with van der Waals surface area (Å²) < 4.78 is 0. The normalized spacial score (nSPS) is 13.1. The first-order valence-electron chi connectivity index (χ1n) is 9.64. The first kappa shape index (κ1) is 19.8. The Hall–Kier alpha value is -2.98.